The van der Waals surface area contributed by atoms with Crippen LogP contribution in [0.1, 0.15) is 54.1 Å². The fourth-order valence-electron chi connectivity index (χ4n) is 4.30. The molecular weight excluding hydrogens is 414 g/mol. The van der Waals surface area contributed by atoms with Crippen LogP contribution in [0.4, 0.5) is 0 Å². The van der Waals surface area contributed by atoms with Gasteiger partial charge in [0, 0.05) is 13.0 Å². The van der Waals surface area contributed by atoms with E-state index in [2.05, 4.69) is 31.2 Å². The molecule has 1 heterocycles. The van der Waals surface area contributed by atoms with E-state index in [1.807, 2.05) is 35.3 Å². The number of aliphatic hydroxyl groups is 1. The zero-order valence-electron chi connectivity index (χ0n) is 19.7. The summed E-state index contributed by atoms with van der Waals surface area (Å²) in [7, 11) is 1.37. The lowest BCUT2D eigenvalue weighted by atomic mass is 9.95. The maximum Gasteiger partial charge on any atom is 0.337 e. The van der Waals surface area contributed by atoms with Crippen molar-refractivity contribution in [3.63, 3.8) is 0 Å². The summed E-state index contributed by atoms with van der Waals surface area (Å²) >= 11 is 0. The highest BCUT2D eigenvalue weighted by molar-refractivity contribution is 5.89. The smallest absolute Gasteiger partial charge is 0.337 e. The van der Waals surface area contributed by atoms with Gasteiger partial charge in [0.15, 0.2) is 0 Å². The third-order valence-corrected chi connectivity index (χ3v) is 6.47. The highest BCUT2D eigenvalue weighted by Crippen LogP contribution is 2.22. The molecule has 0 aliphatic carbocycles. The molecule has 0 radical (unpaired) electrons. The first-order valence-electron chi connectivity index (χ1n) is 11.8. The van der Waals surface area contributed by atoms with Gasteiger partial charge in [-0.15, -0.1) is 0 Å². The molecule has 1 amide bonds. The van der Waals surface area contributed by atoms with E-state index in [-0.39, 0.29) is 23.8 Å². The van der Waals surface area contributed by atoms with Crippen LogP contribution in [0.25, 0.3) is 0 Å². The van der Waals surface area contributed by atoms with Crippen LogP contribution in [0, 0.1) is 5.92 Å². The van der Waals surface area contributed by atoms with E-state index in [0.717, 1.165) is 37.7 Å². The highest BCUT2D eigenvalue weighted by atomic mass is 16.5. The molecule has 2 aromatic carbocycles. The molecule has 1 saturated heterocycles. The molecule has 0 aromatic heterocycles. The number of hydrogen-bond acceptors (Lipinski definition) is 4. The monoisotopic (exact) mass is 449 g/mol. The Bertz CT molecular complexity index is 923. The molecule has 0 spiro atoms. The Balaban J connectivity index is 1.47. The number of benzene rings is 2. The van der Waals surface area contributed by atoms with Crippen LogP contribution in [0.5, 0.6) is 0 Å². The number of amides is 1. The summed E-state index contributed by atoms with van der Waals surface area (Å²) < 4.78 is 4.73. The molecule has 3 atom stereocenters. The van der Waals surface area contributed by atoms with E-state index in [1.165, 1.54) is 12.7 Å². The van der Waals surface area contributed by atoms with Crippen LogP contribution in [0.3, 0.4) is 0 Å². The molecule has 0 bridgehead atoms. The van der Waals surface area contributed by atoms with Gasteiger partial charge in [-0.05, 0) is 61.3 Å². The van der Waals surface area contributed by atoms with E-state index in [4.69, 9.17) is 4.74 Å². The molecule has 5 nitrogen and oxygen atoms in total. The first-order chi connectivity index (χ1) is 16.0. The van der Waals surface area contributed by atoms with Gasteiger partial charge in [-0.2, -0.15) is 0 Å². The van der Waals surface area contributed by atoms with Gasteiger partial charge < -0.3 is 14.7 Å². The molecule has 33 heavy (non-hydrogen) atoms. The minimum absolute atomic E-state index is 0.0259. The van der Waals surface area contributed by atoms with Gasteiger partial charge in [0.25, 0.3) is 0 Å². The first-order valence-corrected chi connectivity index (χ1v) is 11.8. The van der Waals surface area contributed by atoms with Gasteiger partial charge in [-0.25, -0.2) is 4.79 Å². The van der Waals surface area contributed by atoms with Gasteiger partial charge >= 0.3 is 5.97 Å². The molecule has 3 rings (SSSR count). The van der Waals surface area contributed by atoms with Gasteiger partial charge in [-0.1, -0.05) is 61.5 Å². The van der Waals surface area contributed by atoms with E-state index in [1.54, 1.807) is 12.1 Å². The topological polar surface area (TPSA) is 66.8 Å². The second kappa shape index (κ2) is 12.4. The number of carbonyl (C=O) groups is 2. The zero-order chi connectivity index (χ0) is 23.6. The maximum absolute atomic E-state index is 12.4. The van der Waals surface area contributed by atoms with Gasteiger partial charge in [0.2, 0.25) is 5.91 Å². The fourth-order valence-corrected chi connectivity index (χ4v) is 4.30. The summed E-state index contributed by atoms with van der Waals surface area (Å²) in [6, 6.07) is 17.7. The number of likely N-dealkylation sites (tertiary alicyclic amines) is 1. The second-order valence-corrected chi connectivity index (χ2v) is 8.86. The number of esters is 1. The average Bonchev–Trinajstić information content (AvgIpc) is 3.20. The number of aryl methyl sites for hydroxylation is 1. The van der Waals surface area contributed by atoms with E-state index >= 15 is 0 Å². The predicted molar refractivity (Wildman–Crippen MR) is 130 cm³/mol. The summed E-state index contributed by atoms with van der Waals surface area (Å²) in [5.41, 5.74) is 2.91. The predicted octanol–water partition coefficient (Wildman–Crippen LogP) is 4.58. The number of hydrogen-bond donors (Lipinski definition) is 1. The Morgan fingerprint density at radius 2 is 1.82 bits per heavy atom. The second-order valence-electron chi connectivity index (χ2n) is 8.86. The standard InChI is InChI=1S/C28H35NO4/c1-21(7-6-10-22-8-4-3-5-9-22)26(30)17-15-25-16-18-27(31)29(25)20-19-23-11-13-24(14-12-23)28(32)33-2/h3-5,8-9,11-15,17,21,25-26,30H,6-7,10,16,18-20H2,1-2H3/t21-,25?,26+/m0/s1. The minimum atomic E-state index is -0.510. The highest BCUT2D eigenvalue weighted by Gasteiger charge is 2.29. The summed E-state index contributed by atoms with van der Waals surface area (Å²) in [5, 5.41) is 10.6. The SMILES string of the molecule is COC(=O)c1ccc(CCN2C(=O)CCC2C=C[C@@H](O)[C@@H](C)CCCc2ccccc2)cc1. The van der Waals surface area contributed by atoms with Crippen LogP contribution < -0.4 is 0 Å². The lowest BCUT2D eigenvalue weighted by molar-refractivity contribution is -0.128. The molecular formula is C28H35NO4. The van der Waals surface area contributed by atoms with Gasteiger partial charge in [0.05, 0.1) is 24.8 Å². The number of nitrogens with zero attached hydrogens (tertiary/aromatic N) is 1. The van der Waals surface area contributed by atoms with Crippen molar-refractivity contribution >= 4 is 11.9 Å². The lowest BCUT2D eigenvalue weighted by Gasteiger charge is -2.23. The van der Waals surface area contributed by atoms with Gasteiger partial charge in [-0.3, -0.25) is 4.79 Å². The number of rotatable bonds is 11. The van der Waals surface area contributed by atoms with E-state index in [9.17, 15) is 14.7 Å². The number of carbonyl (C=O) groups excluding carboxylic acids is 2. The van der Waals surface area contributed by atoms with E-state index in [0.29, 0.717) is 18.5 Å². The molecule has 1 fully saturated rings. The lowest BCUT2D eigenvalue weighted by Crippen LogP contribution is -2.34. The maximum atomic E-state index is 12.4. The average molecular weight is 450 g/mol. The van der Waals surface area contributed by atoms with Crippen molar-refractivity contribution in [2.75, 3.05) is 13.7 Å². The van der Waals surface area contributed by atoms with Crippen molar-refractivity contribution in [2.24, 2.45) is 5.92 Å². The van der Waals surface area contributed by atoms with Crippen molar-refractivity contribution in [2.45, 2.75) is 57.6 Å². The Morgan fingerprint density at radius 3 is 2.52 bits per heavy atom. The number of aliphatic hydroxyl groups excluding tert-OH is 1. The number of ether oxygens (including phenoxy) is 1. The summed E-state index contributed by atoms with van der Waals surface area (Å²) in [5.74, 6) is -0.0283. The molecule has 1 aliphatic heterocycles. The quantitative estimate of drug-likeness (QED) is 0.403. The molecule has 1 unspecified atom stereocenters. The molecule has 5 heteroatoms. The molecule has 176 valence electrons. The van der Waals surface area contributed by atoms with E-state index < -0.39 is 6.10 Å². The summed E-state index contributed by atoms with van der Waals surface area (Å²) in [6.45, 7) is 2.70. The Labute approximate surface area is 197 Å². The Morgan fingerprint density at radius 1 is 1.12 bits per heavy atom. The third kappa shape index (κ3) is 7.29. The minimum Gasteiger partial charge on any atom is -0.465 e. The molecule has 1 aliphatic rings. The van der Waals surface area contributed by atoms with Crippen molar-refractivity contribution in [3.8, 4) is 0 Å². The molecule has 2 aromatic rings. The van der Waals surface area contributed by atoms with Crippen LogP contribution >= 0.6 is 0 Å². The largest absolute Gasteiger partial charge is 0.465 e. The van der Waals surface area contributed by atoms with Crippen LogP contribution in [-0.2, 0) is 22.4 Å². The normalized spacial score (nSPS) is 18.0. The third-order valence-electron chi connectivity index (χ3n) is 6.47. The Hall–Kier alpha value is -2.92. The van der Waals surface area contributed by atoms with Crippen LogP contribution in [-0.4, -0.2) is 47.7 Å². The fraction of sp³-hybridized carbons (Fsp3) is 0.429. The summed E-state index contributed by atoms with van der Waals surface area (Å²) in [6.07, 6.45) is 8.42. The van der Waals surface area contributed by atoms with Crippen molar-refractivity contribution < 1.29 is 19.4 Å². The van der Waals surface area contributed by atoms with Gasteiger partial charge in [0.1, 0.15) is 0 Å². The summed E-state index contributed by atoms with van der Waals surface area (Å²) in [4.78, 5) is 25.9. The Kier molecular flexibility index (Phi) is 9.25. The van der Waals surface area contributed by atoms with Crippen molar-refractivity contribution in [1.82, 2.24) is 4.90 Å². The first kappa shape index (κ1) is 24.7. The van der Waals surface area contributed by atoms with Crippen LogP contribution in [0.15, 0.2) is 66.7 Å². The van der Waals surface area contributed by atoms with Crippen molar-refractivity contribution in [1.29, 1.82) is 0 Å². The molecule has 0 saturated carbocycles. The number of methoxy groups -OCH3 is 1. The van der Waals surface area contributed by atoms with Crippen LogP contribution in [0.2, 0.25) is 0 Å². The molecule has 1 N–H and O–H groups in total. The van der Waals surface area contributed by atoms with Crippen molar-refractivity contribution in [3.05, 3.63) is 83.4 Å². The zero-order valence-corrected chi connectivity index (χ0v) is 19.7.